The van der Waals surface area contributed by atoms with E-state index in [0.717, 1.165) is 17.4 Å². The summed E-state index contributed by atoms with van der Waals surface area (Å²) in [6.07, 6.45) is 4.06. The maximum atomic E-state index is 8.53. The summed E-state index contributed by atoms with van der Waals surface area (Å²) in [6.45, 7) is 7.35. The van der Waals surface area contributed by atoms with Crippen molar-refractivity contribution in [2.75, 3.05) is 11.9 Å². The maximum Gasteiger partial charge on any atom is 0.174 e. The fraction of sp³-hybridized carbons (Fsp3) is 0.611. The van der Waals surface area contributed by atoms with E-state index in [-0.39, 0.29) is 6.61 Å². The molecule has 2 fully saturated rings. The van der Waals surface area contributed by atoms with E-state index >= 15 is 0 Å². The van der Waals surface area contributed by atoms with Gasteiger partial charge in [0.25, 0.3) is 0 Å². The maximum absolute atomic E-state index is 8.53. The molecule has 3 nitrogen and oxygen atoms in total. The van der Waals surface area contributed by atoms with Crippen molar-refractivity contribution < 1.29 is 4.74 Å². The molecule has 1 aromatic carbocycles. The van der Waals surface area contributed by atoms with Crippen LogP contribution in [0.4, 0.5) is 5.69 Å². The van der Waals surface area contributed by atoms with E-state index in [1.807, 2.05) is 18.2 Å². The Kier molecular flexibility index (Phi) is 3.36. The van der Waals surface area contributed by atoms with Crippen LogP contribution in [-0.4, -0.2) is 12.6 Å². The quantitative estimate of drug-likeness (QED) is 0.900. The Morgan fingerprint density at radius 3 is 2.57 bits per heavy atom. The van der Waals surface area contributed by atoms with Gasteiger partial charge in [0.15, 0.2) is 6.61 Å². The number of ether oxygens (including phenoxy) is 1. The lowest BCUT2D eigenvalue weighted by Gasteiger charge is -2.43. The van der Waals surface area contributed by atoms with E-state index in [1.165, 1.54) is 19.3 Å². The van der Waals surface area contributed by atoms with Gasteiger partial charge in [0.05, 0.1) is 0 Å². The van der Waals surface area contributed by atoms with E-state index < -0.39 is 0 Å². The Bertz CT molecular complexity index is 553. The topological polar surface area (TPSA) is 45.0 Å². The summed E-state index contributed by atoms with van der Waals surface area (Å²) in [4.78, 5) is 0. The molecule has 0 heterocycles. The Labute approximate surface area is 127 Å². The Morgan fingerprint density at radius 2 is 2.00 bits per heavy atom. The summed E-state index contributed by atoms with van der Waals surface area (Å²) in [6, 6.07) is 10.5. The summed E-state index contributed by atoms with van der Waals surface area (Å²) < 4.78 is 5.30. The number of rotatable bonds is 4. The highest BCUT2D eigenvalue weighted by molar-refractivity contribution is 5.48. The summed E-state index contributed by atoms with van der Waals surface area (Å²) >= 11 is 0. The Morgan fingerprint density at radius 1 is 1.29 bits per heavy atom. The molecule has 0 aliphatic heterocycles. The predicted octanol–water partition coefficient (Wildman–Crippen LogP) is 4.22. The van der Waals surface area contributed by atoms with Crippen molar-refractivity contribution in [1.82, 2.24) is 0 Å². The highest BCUT2D eigenvalue weighted by Crippen LogP contribution is 2.63. The number of nitriles is 1. The van der Waals surface area contributed by atoms with Crippen LogP contribution >= 0.6 is 0 Å². The van der Waals surface area contributed by atoms with Crippen molar-refractivity contribution in [1.29, 1.82) is 5.26 Å². The first kappa shape index (κ1) is 14.3. The molecule has 0 spiro atoms. The lowest BCUT2D eigenvalue weighted by atomic mass is 9.68. The molecule has 21 heavy (non-hydrogen) atoms. The number of fused-ring (bicyclic) bond motifs is 2. The smallest absolute Gasteiger partial charge is 0.174 e. The summed E-state index contributed by atoms with van der Waals surface area (Å²) in [5.74, 6) is 1.60. The number of nitrogens with zero attached hydrogens (tertiary/aromatic N) is 1. The molecule has 1 aromatic rings. The van der Waals surface area contributed by atoms with E-state index in [4.69, 9.17) is 10.00 Å². The van der Waals surface area contributed by atoms with Gasteiger partial charge in [0, 0.05) is 11.7 Å². The first-order valence-electron chi connectivity index (χ1n) is 7.82. The standard InChI is InChI=1S/C18H24N2O/c1-17(2)13-8-9-18(3,12-13)16(17)20-14-4-6-15(7-5-14)21-11-10-19/h4-7,13,16,20H,8-9,11-12H2,1-3H3/t13-,16?,18+/m0/s1. The first-order valence-corrected chi connectivity index (χ1v) is 7.82. The molecule has 3 rings (SSSR count). The van der Waals surface area contributed by atoms with E-state index in [2.05, 4.69) is 38.2 Å². The normalized spacial score (nSPS) is 32.7. The molecule has 1 N–H and O–H groups in total. The van der Waals surface area contributed by atoms with E-state index in [0.29, 0.717) is 16.9 Å². The lowest BCUT2D eigenvalue weighted by molar-refractivity contribution is 0.155. The van der Waals surface area contributed by atoms with Gasteiger partial charge in [-0.25, -0.2) is 0 Å². The van der Waals surface area contributed by atoms with Gasteiger partial charge in [0.2, 0.25) is 0 Å². The molecule has 0 radical (unpaired) electrons. The van der Waals surface area contributed by atoms with Gasteiger partial charge >= 0.3 is 0 Å². The second-order valence-corrected chi connectivity index (χ2v) is 7.46. The zero-order valence-electron chi connectivity index (χ0n) is 13.1. The summed E-state index contributed by atoms with van der Waals surface area (Å²) in [5.41, 5.74) is 1.92. The second kappa shape index (κ2) is 4.94. The molecule has 2 bridgehead atoms. The van der Waals surface area contributed by atoms with Crippen LogP contribution in [0.25, 0.3) is 0 Å². The van der Waals surface area contributed by atoms with Crippen LogP contribution in [0.3, 0.4) is 0 Å². The van der Waals surface area contributed by atoms with Crippen LogP contribution < -0.4 is 10.1 Å². The van der Waals surface area contributed by atoms with Gasteiger partial charge in [0.1, 0.15) is 11.8 Å². The molecular formula is C18H24N2O. The van der Waals surface area contributed by atoms with Crippen molar-refractivity contribution in [2.45, 2.75) is 46.1 Å². The van der Waals surface area contributed by atoms with Gasteiger partial charge in [-0.1, -0.05) is 20.8 Å². The number of nitrogens with one attached hydrogen (secondary N) is 1. The van der Waals surface area contributed by atoms with Crippen molar-refractivity contribution in [2.24, 2.45) is 16.7 Å². The van der Waals surface area contributed by atoms with Crippen LogP contribution in [0.2, 0.25) is 0 Å². The Balaban J connectivity index is 1.73. The molecule has 3 heteroatoms. The van der Waals surface area contributed by atoms with Crippen molar-refractivity contribution in [3.63, 3.8) is 0 Å². The Hall–Kier alpha value is -1.69. The fourth-order valence-electron chi connectivity index (χ4n) is 4.59. The van der Waals surface area contributed by atoms with Crippen LogP contribution in [0.15, 0.2) is 24.3 Å². The number of hydrogen-bond donors (Lipinski definition) is 1. The van der Waals surface area contributed by atoms with Crippen LogP contribution in [0.5, 0.6) is 5.75 Å². The van der Waals surface area contributed by atoms with Crippen molar-refractivity contribution in [3.05, 3.63) is 24.3 Å². The number of hydrogen-bond acceptors (Lipinski definition) is 3. The second-order valence-electron chi connectivity index (χ2n) is 7.46. The molecule has 2 saturated carbocycles. The number of anilines is 1. The van der Waals surface area contributed by atoms with Gasteiger partial charge in [-0.05, 0) is 60.3 Å². The minimum atomic E-state index is 0.0994. The highest BCUT2D eigenvalue weighted by atomic mass is 16.5. The van der Waals surface area contributed by atoms with Crippen LogP contribution in [0, 0.1) is 28.1 Å². The van der Waals surface area contributed by atoms with E-state index in [9.17, 15) is 0 Å². The molecule has 2 aliphatic carbocycles. The van der Waals surface area contributed by atoms with Crippen LogP contribution in [-0.2, 0) is 0 Å². The third kappa shape index (κ3) is 2.37. The fourth-order valence-corrected chi connectivity index (χ4v) is 4.59. The average Bonchev–Trinajstić information content (AvgIpc) is 2.94. The van der Waals surface area contributed by atoms with Gasteiger partial charge < -0.3 is 10.1 Å². The first-order chi connectivity index (χ1) is 9.95. The minimum absolute atomic E-state index is 0.0994. The van der Waals surface area contributed by atoms with Gasteiger partial charge in [-0.2, -0.15) is 5.26 Å². The zero-order chi connectivity index (χ0) is 15.1. The SMILES string of the molecule is CC1(C)C(Nc2ccc(OCC#N)cc2)[C@]2(C)CC[C@H]1C2. The van der Waals surface area contributed by atoms with Gasteiger partial charge in [-0.3, -0.25) is 0 Å². The average molecular weight is 284 g/mol. The number of benzene rings is 1. The molecular weight excluding hydrogens is 260 g/mol. The van der Waals surface area contributed by atoms with Crippen molar-refractivity contribution >= 4 is 5.69 Å². The molecule has 0 aromatic heterocycles. The van der Waals surface area contributed by atoms with Crippen molar-refractivity contribution in [3.8, 4) is 11.8 Å². The zero-order valence-corrected chi connectivity index (χ0v) is 13.1. The largest absolute Gasteiger partial charge is 0.479 e. The molecule has 0 amide bonds. The van der Waals surface area contributed by atoms with E-state index in [1.54, 1.807) is 0 Å². The molecule has 112 valence electrons. The summed E-state index contributed by atoms with van der Waals surface area (Å²) in [7, 11) is 0. The molecule has 2 aliphatic rings. The monoisotopic (exact) mass is 284 g/mol. The lowest BCUT2D eigenvalue weighted by Crippen LogP contribution is -2.45. The molecule has 0 saturated heterocycles. The predicted molar refractivity (Wildman–Crippen MR) is 84.2 cm³/mol. The highest BCUT2D eigenvalue weighted by Gasteiger charge is 2.59. The third-order valence-corrected chi connectivity index (χ3v) is 5.74. The minimum Gasteiger partial charge on any atom is -0.479 e. The molecule has 3 atom stereocenters. The molecule has 1 unspecified atom stereocenters. The van der Waals surface area contributed by atoms with Gasteiger partial charge in [-0.15, -0.1) is 0 Å². The summed E-state index contributed by atoms with van der Waals surface area (Å²) in [5, 5.41) is 12.3. The third-order valence-electron chi connectivity index (χ3n) is 5.74. The van der Waals surface area contributed by atoms with Crippen LogP contribution in [0.1, 0.15) is 40.0 Å².